The third kappa shape index (κ3) is 3.73. The van der Waals surface area contributed by atoms with Crippen LogP contribution in [-0.4, -0.2) is 19.2 Å². The van der Waals surface area contributed by atoms with Crippen molar-refractivity contribution in [3.05, 3.63) is 53.9 Å². The number of nitrogens with zero attached hydrogens (tertiary/aromatic N) is 1. The molecule has 0 fully saturated rings. The van der Waals surface area contributed by atoms with Crippen LogP contribution in [0.4, 0.5) is 0 Å². The average molecular weight is 286 g/mol. The lowest BCUT2D eigenvalue weighted by atomic mass is 10.1. The first-order valence-corrected chi connectivity index (χ1v) is 7.04. The van der Waals surface area contributed by atoms with Gasteiger partial charge in [0.05, 0.1) is 19.9 Å². The van der Waals surface area contributed by atoms with Crippen LogP contribution in [0.25, 0.3) is 0 Å². The number of aromatic nitrogens is 1. The summed E-state index contributed by atoms with van der Waals surface area (Å²) in [6, 6.07) is 12.3. The topological polar surface area (TPSA) is 43.4 Å². The van der Waals surface area contributed by atoms with Crippen molar-refractivity contribution in [3.8, 4) is 11.5 Å². The van der Waals surface area contributed by atoms with E-state index in [1.54, 1.807) is 14.2 Å². The maximum Gasteiger partial charge on any atom is 0.161 e. The Bertz CT molecular complexity index is 572. The van der Waals surface area contributed by atoms with E-state index < -0.39 is 0 Å². The van der Waals surface area contributed by atoms with Crippen molar-refractivity contribution < 1.29 is 9.47 Å². The first-order chi connectivity index (χ1) is 10.2. The van der Waals surface area contributed by atoms with Crippen molar-refractivity contribution in [1.82, 2.24) is 10.3 Å². The van der Waals surface area contributed by atoms with Gasteiger partial charge in [-0.25, -0.2) is 0 Å². The first kappa shape index (κ1) is 15.3. The summed E-state index contributed by atoms with van der Waals surface area (Å²) in [5.74, 6) is 1.49. The van der Waals surface area contributed by atoms with E-state index in [4.69, 9.17) is 9.47 Å². The van der Waals surface area contributed by atoms with E-state index in [0.29, 0.717) is 0 Å². The molecule has 0 radical (unpaired) electrons. The summed E-state index contributed by atoms with van der Waals surface area (Å²) < 4.78 is 10.6. The molecule has 1 N–H and O–H groups in total. The number of hydrogen-bond donors (Lipinski definition) is 1. The second kappa shape index (κ2) is 7.09. The molecule has 0 aliphatic carbocycles. The molecule has 0 aliphatic rings. The van der Waals surface area contributed by atoms with Crippen molar-refractivity contribution in [2.24, 2.45) is 0 Å². The minimum absolute atomic E-state index is 0.175. The number of hydrogen-bond acceptors (Lipinski definition) is 4. The van der Waals surface area contributed by atoms with Gasteiger partial charge in [-0.15, -0.1) is 0 Å². The Labute approximate surface area is 126 Å². The minimum atomic E-state index is 0.175. The number of pyridine rings is 1. The standard InChI is InChI=1S/C17H22N2O2/c1-12(19-13(2)15-7-5-6-10-18-15)14-8-9-16(20-3)17(11-14)21-4/h5-13,19H,1-4H3/t12?,13-/m1/s1. The summed E-state index contributed by atoms with van der Waals surface area (Å²) in [6.45, 7) is 4.24. The Morgan fingerprint density at radius 2 is 1.71 bits per heavy atom. The monoisotopic (exact) mass is 286 g/mol. The Balaban J connectivity index is 2.11. The minimum Gasteiger partial charge on any atom is -0.493 e. The van der Waals surface area contributed by atoms with Crippen LogP contribution < -0.4 is 14.8 Å². The SMILES string of the molecule is COc1ccc(C(C)N[C@H](C)c2ccccn2)cc1OC. The van der Waals surface area contributed by atoms with E-state index in [0.717, 1.165) is 22.8 Å². The predicted octanol–water partition coefficient (Wildman–Crippen LogP) is 3.51. The Hall–Kier alpha value is -2.07. The van der Waals surface area contributed by atoms with Crippen LogP contribution >= 0.6 is 0 Å². The van der Waals surface area contributed by atoms with Crippen LogP contribution in [-0.2, 0) is 0 Å². The van der Waals surface area contributed by atoms with Crippen LogP contribution in [0, 0.1) is 0 Å². The lowest BCUT2D eigenvalue weighted by Gasteiger charge is -2.21. The lowest BCUT2D eigenvalue weighted by molar-refractivity contribution is 0.353. The largest absolute Gasteiger partial charge is 0.493 e. The van der Waals surface area contributed by atoms with Crippen molar-refractivity contribution in [2.75, 3.05) is 14.2 Å². The summed E-state index contributed by atoms with van der Waals surface area (Å²) in [6.07, 6.45) is 1.81. The van der Waals surface area contributed by atoms with Gasteiger partial charge < -0.3 is 14.8 Å². The van der Waals surface area contributed by atoms with Crippen molar-refractivity contribution in [3.63, 3.8) is 0 Å². The number of rotatable bonds is 6. The quantitative estimate of drug-likeness (QED) is 0.882. The summed E-state index contributed by atoms with van der Waals surface area (Å²) >= 11 is 0. The van der Waals surface area contributed by atoms with Crippen molar-refractivity contribution >= 4 is 0 Å². The molecule has 2 atom stereocenters. The molecule has 2 rings (SSSR count). The number of benzene rings is 1. The second-order valence-electron chi connectivity index (χ2n) is 4.98. The summed E-state index contributed by atoms with van der Waals surface area (Å²) in [5.41, 5.74) is 2.18. The van der Waals surface area contributed by atoms with Crippen molar-refractivity contribution in [2.45, 2.75) is 25.9 Å². The molecule has 2 aromatic rings. The van der Waals surface area contributed by atoms with Crippen LogP contribution in [0.3, 0.4) is 0 Å². The second-order valence-corrected chi connectivity index (χ2v) is 4.98. The van der Waals surface area contributed by atoms with Crippen LogP contribution in [0.5, 0.6) is 11.5 Å². The highest BCUT2D eigenvalue weighted by Gasteiger charge is 2.14. The van der Waals surface area contributed by atoms with Crippen LogP contribution in [0.15, 0.2) is 42.6 Å². The maximum atomic E-state index is 5.35. The fourth-order valence-electron chi connectivity index (χ4n) is 2.31. The smallest absolute Gasteiger partial charge is 0.161 e. The van der Waals surface area contributed by atoms with Crippen LogP contribution in [0.1, 0.15) is 37.2 Å². The molecule has 112 valence electrons. The van der Waals surface area contributed by atoms with E-state index in [1.807, 2.05) is 42.6 Å². The Morgan fingerprint density at radius 1 is 0.952 bits per heavy atom. The van der Waals surface area contributed by atoms with E-state index in [9.17, 15) is 0 Å². The summed E-state index contributed by atoms with van der Waals surface area (Å²) in [4.78, 5) is 4.38. The van der Waals surface area contributed by atoms with E-state index in [2.05, 4.69) is 24.1 Å². The van der Waals surface area contributed by atoms with Crippen LogP contribution in [0.2, 0.25) is 0 Å². The number of nitrogens with one attached hydrogen (secondary N) is 1. The first-order valence-electron chi connectivity index (χ1n) is 7.04. The molecule has 1 aromatic carbocycles. The third-order valence-corrected chi connectivity index (χ3v) is 3.54. The van der Waals surface area contributed by atoms with E-state index >= 15 is 0 Å². The van der Waals surface area contributed by atoms with Gasteiger partial charge in [0.25, 0.3) is 0 Å². The highest BCUT2D eigenvalue weighted by Crippen LogP contribution is 2.30. The zero-order valence-electron chi connectivity index (χ0n) is 13.0. The van der Waals surface area contributed by atoms with E-state index in [1.165, 1.54) is 0 Å². The molecular weight excluding hydrogens is 264 g/mol. The van der Waals surface area contributed by atoms with Gasteiger partial charge in [0, 0.05) is 18.3 Å². The van der Waals surface area contributed by atoms with E-state index in [-0.39, 0.29) is 12.1 Å². The fourth-order valence-corrected chi connectivity index (χ4v) is 2.31. The Morgan fingerprint density at radius 3 is 2.33 bits per heavy atom. The summed E-state index contributed by atoms with van der Waals surface area (Å²) in [5, 5.41) is 3.54. The molecule has 1 unspecified atom stereocenters. The Kier molecular flexibility index (Phi) is 5.17. The van der Waals surface area contributed by atoms with Gasteiger partial charge in [0.2, 0.25) is 0 Å². The zero-order valence-corrected chi connectivity index (χ0v) is 13.0. The number of ether oxygens (including phenoxy) is 2. The molecule has 0 aliphatic heterocycles. The molecule has 0 saturated heterocycles. The van der Waals surface area contributed by atoms with Gasteiger partial charge in [0.1, 0.15) is 0 Å². The molecule has 4 nitrogen and oxygen atoms in total. The third-order valence-electron chi connectivity index (χ3n) is 3.54. The molecular formula is C17H22N2O2. The molecule has 1 heterocycles. The fraction of sp³-hybridized carbons (Fsp3) is 0.353. The van der Waals surface area contributed by atoms with Crippen molar-refractivity contribution in [1.29, 1.82) is 0 Å². The highest BCUT2D eigenvalue weighted by atomic mass is 16.5. The van der Waals surface area contributed by atoms with Gasteiger partial charge in [-0.3, -0.25) is 4.98 Å². The van der Waals surface area contributed by atoms with Gasteiger partial charge in [-0.2, -0.15) is 0 Å². The summed E-state index contributed by atoms with van der Waals surface area (Å²) in [7, 11) is 3.29. The maximum absolute atomic E-state index is 5.35. The highest BCUT2D eigenvalue weighted by molar-refractivity contribution is 5.43. The number of methoxy groups -OCH3 is 2. The lowest BCUT2D eigenvalue weighted by Crippen LogP contribution is -2.23. The molecule has 21 heavy (non-hydrogen) atoms. The van der Waals surface area contributed by atoms with Gasteiger partial charge in [-0.05, 0) is 43.7 Å². The molecule has 0 amide bonds. The van der Waals surface area contributed by atoms with Gasteiger partial charge in [0.15, 0.2) is 11.5 Å². The zero-order chi connectivity index (χ0) is 15.2. The average Bonchev–Trinajstić information content (AvgIpc) is 2.54. The molecule has 1 aromatic heterocycles. The predicted molar refractivity (Wildman–Crippen MR) is 83.7 cm³/mol. The molecule has 0 bridgehead atoms. The van der Waals surface area contributed by atoms with Gasteiger partial charge >= 0.3 is 0 Å². The molecule has 4 heteroatoms. The van der Waals surface area contributed by atoms with Gasteiger partial charge in [-0.1, -0.05) is 12.1 Å². The molecule has 0 spiro atoms. The normalized spacial score (nSPS) is 13.5. The molecule has 0 saturated carbocycles.